The second-order valence-corrected chi connectivity index (χ2v) is 16.2. The third kappa shape index (κ3) is 13.1. The molecule has 6 unspecified atom stereocenters. The minimum absolute atomic E-state index is 0.0124. The van der Waals surface area contributed by atoms with Gasteiger partial charge in [0, 0.05) is 32.2 Å². The molecule has 0 radical (unpaired) electrons. The van der Waals surface area contributed by atoms with E-state index in [1.54, 1.807) is 0 Å². The van der Waals surface area contributed by atoms with Crippen molar-refractivity contribution in [3.63, 3.8) is 0 Å². The summed E-state index contributed by atoms with van der Waals surface area (Å²) >= 11 is 0. The lowest BCUT2D eigenvalue weighted by Gasteiger charge is -2.49. The molecule has 332 valence electrons. The van der Waals surface area contributed by atoms with Crippen LogP contribution in [0.25, 0.3) is 0 Å². The van der Waals surface area contributed by atoms with Crippen molar-refractivity contribution >= 4 is 29.5 Å². The van der Waals surface area contributed by atoms with Crippen molar-refractivity contribution in [2.45, 2.75) is 184 Å². The summed E-state index contributed by atoms with van der Waals surface area (Å²) in [6.45, 7) is 3.97. The van der Waals surface area contributed by atoms with Gasteiger partial charge in [0.05, 0.1) is 31.3 Å². The molecule has 2 aliphatic heterocycles. The molecule has 0 aromatic rings. The number of aliphatic carboxylic acids is 2. The average molecular weight is 833 g/mol. The van der Waals surface area contributed by atoms with Gasteiger partial charge in [-0.25, -0.2) is 4.79 Å². The Hall–Kier alpha value is -2.85. The lowest BCUT2D eigenvalue weighted by molar-refractivity contribution is -0.338. The van der Waals surface area contributed by atoms with Crippen LogP contribution in [0, 0.1) is 17.8 Å². The molecule has 0 bridgehead atoms. The lowest BCUT2D eigenvalue weighted by atomic mass is 9.74. The van der Waals surface area contributed by atoms with Crippen LogP contribution in [-0.2, 0) is 47.7 Å². The Bertz CT molecular complexity index is 1360. The lowest BCUT2D eigenvalue weighted by Crippen LogP contribution is -2.67. The monoisotopic (exact) mass is 832 g/mol. The van der Waals surface area contributed by atoms with Crippen LogP contribution in [0.1, 0.15) is 104 Å². The number of carboxylic acids is 2. The molecule has 2 saturated carbocycles. The first-order valence-corrected chi connectivity index (χ1v) is 20.7. The van der Waals surface area contributed by atoms with Crippen LogP contribution in [0.15, 0.2) is 0 Å². The van der Waals surface area contributed by atoms with Crippen molar-refractivity contribution in [1.82, 2.24) is 10.6 Å². The topological polar surface area (TPSA) is 297 Å². The van der Waals surface area contributed by atoms with Crippen LogP contribution >= 0.6 is 0 Å². The molecule has 9 N–H and O–H groups in total. The first-order chi connectivity index (χ1) is 27.5. The molecule has 2 aliphatic carbocycles. The maximum absolute atomic E-state index is 13.7. The molecular formula is C39H64N2O17. The number of carbonyl (C=O) groups excluding carboxylic acids is 3. The van der Waals surface area contributed by atoms with Crippen LogP contribution < -0.4 is 10.6 Å². The Labute approximate surface area is 338 Å². The van der Waals surface area contributed by atoms with E-state index in [1.807, 2.05) is 6.92 Å². The highest BCUT2D eigenvalue weighted by atomic mass is 16.7. The van der Waals surface area contributed by atoms with Crippen molar-refractivity contribution < 1.29 is 83.4 Å². The standard InChI is InChI=1S/C39H64N2O17/c1-4-22-16-23(24(44)11-8-14-40-28(45)12-13-29(46)47)17-25(35(22)58-39-34(51)33(50)31(48)19(2)54-39)56-38-30(41-20(3)43)36(32(49)27(18-42)57-38)55-26(37(52)53)15-21-9-6-5-7-10-21/h19,21-23,25-27,30-36,38-39,42,48-51H,4-18H2,1-3H3,(H,40,45)(H,41,43)(H,46,47)(H,52,53)/t19?,22?,23?,25-,26+,27+,30?,31-,32+,33+,34?,35-,36?,38-,39+/m1/s1. The predicted molar refractivity (Wildman–Crippen MR) is 200 cm³/mol. The molecule has 0 aromatic carbocycles. The van der Waals surface area contributed by atoms with Gasteiger partial charge in [-0.1, -0.05) is 45.4 Å². The van der Waals surface area contributed by atoms with Crippen LogP contribution in [0.5, 0.6) is 0 Å². The summed E-state index contributed by atoms with van der Waals surface area (Å²) in [5.41, 5.74) is 0. The average Bonchev–Trinajstić information content (AvgIpc) is 3.19. The molecule has 19 nitrogen and oxygen atoms in total. The van der Waals surface area contributed by atoms with E-state index in [-0.39, 0.29) is 56.8 Å². The number of hydrogen-bond acceptors (Lipinski definition) is 15. The quantitative estimate of drug-likeness (QED) is 0.0714. The zero-order valence-corrected chi connectivity index (χ0v) is 33.6. The third-order valence-electron chi connectivity index (χ3n) is 11.9. The minimum Gasteiger partial charge on any atom is -0.481 e. The number of aliphatic hydroxyl groups excluding tert-OH is 5. The largest absolute Gasteiger partial charge is 0.481 e. The van der Waals surface area contributed by atoms with Gasteiger partial charge in [-0.3, -0.25) is 19.2 Å². The van der Waals surface area contributed by atoms with Gasteiger partial charge in [0.25, 0.3) is 0 Å². The summed E-state index contributed by atoms with van der Waals surface area (Å²) in [6, 6.07) is -1.32. The fourth-order valence-electron chi connectivity index (χ4n) is 8.63. The second kappa shape index (κ2) is 22.7. The van der Waals surface area contributed by atoms with E-state index in [0.717, 1.165) is 32.1 Å². The highest BCUT2D eigenvalue weighted by molar-refractivity contribution is 5.82. The van der Waals surface area contributed by atoms with E-state index in [0.29, 0.717) is 12.8 Å². The number of aliphatic hydroxyl groups is 5. The molecule has 4 fully saturated rings. The molecule has 4 rings (SSSR count). The van der Waals surface area contributed by atoms with Crippen molar-refractivity contribution in [2.24, 2.45) is 17.8 Å². The number of rotatable bonds is 20. The SMILES string of the molecule is CCC1CC(C(=O)CCCNC(=O)CCC(=O)O)C[C@@H](O[C@@H]2O[C@@H](CO)[C@H](O)C(O[C@@H](CC3CCCCC3)C(=O)O)C2NC(C)=O)[C@@H]1O[C@@H]1OC(C)[C@@H](O)[C@H](O)C1O. The molecular weight excluding hydrogens is 768 g/mol. The molecule has 2 amide bonds. The smallest absolute Gasteiger partial charge is 0.332 e. The number of nitrogens with one attached hydrogen (secondary N) is 2. The van der Waals surface area contributed by atoms with Gasteiger partial charge in [0.2, 0.25) is 11.8 Å². The molecule has 0 aromatic heterocycles. The number of carboxylic acid groups (broad SMARTS) is 2. The fraction of sp³-hybridized carbons (Fsp3) is 0.872. The Morgan fingerprint density at radius 1 is 0.828 bits per heavy atom. The molecule has 0 spiro atoms. The van der Waals surface area contributed by atoms with Crippen LogP contribution in [0.3, 0.4) is 0 Å². The minimum atomic E-state index is -1.67. The van der Waals surface area contributed by atoms with Crippen LogP contribution in [-0.4, -0.2) is 158 Å². The highest BCUT2D eigenvalue weighted by Gasteiger charge is 2.52. The van der Waals surface area contributed by atoms with Gasteiger partial charge in [-0.2, -0.15) is 0 Å². The van der Waals surface area contributed by atoms with E-state index in [4.69, 9.17) is 28.8 Å². The van der Waals surface area contributed by atoms with E-state index < -0.39 is 122 Å². The maximum Gasteiger partial charge on any atom is 0.332 e. The van der Waals surface area contributed by atoms with Crippen LogP contribution in [0.4, 0.5) is 0 Å². The molecule has 4 aliphatic rings. The number of hydrogen-bond donors (Lipinski definition) is 9. The fourth-order valence-corrected chi connectivity index (χ4v) is 8.63. The van der Waals surface area contributed by atoms with E-state index in [9.17, 15) is 54.6 Å². The third-order valence-corrected chi connectivity index (χ3v) is 11.9. The van der Waals surface area contributed by atoms with E-state index in [1.165, 1.54) is 13.8 Å². The zero-order chi connectivity index (χ0) is 42.7. The molecule has 15 atom stereocenters. The van der Waals surface area contributed by atoms with Crippen molar-refractivity contribution in [1.29, 1.82) is 0 Å². The van der Waals surface area contributed by atoms with Crippen LogP contribution in [0.2, 0.25) is 0 Å². The van der Waals surface area contributed by atoms with Gasteiger partial charge in [-0.05, 0) is 44.4 Å². The summed E-state index contributed by atoms with van der Waals surface area (Å²) in [5.74, 6) is -4.55. The number of Topliss-reactive ketones (excluding diaryl/α,β-unsaturated/α-hetero) is 1. The molecule has 2 saturated heterocycles. The first kappa shape index (κ1) is 47.8. The summed E-state index contributed by atoms with van der Waals surface area (Å²) in [5, 5.41) is 77.9. The van der Waals surface area contributed by atoms with E-state index >= 15 is 0 Å². The zero-order valence-electron chi connectivity index (χ0n) is 33.6. The first-order valence-electron chi connectivity index (χ1n) is 20.7. The number of ketones is 1. The molecule has 58 heavy (non-hydrogen) atoms. The van der Waals surface area contributed by atoms with Gasteiger partial charge >= 0.3 is 11.9 Å². The number of amides is 2. The number of ether oxygens (including phenoxy) is 5. The van der Waals surface area contributed by atoms with Gasteiger partial charge in [0.15, 0.2) is 18.7 Å². The Morgan fingerprint density at radius 2 is 1.53 bits per heavy atom. The van der Waals surface area contributed by atoms with E-state index in [2.05, 4.69) is 10.6 Å². The summed E-state index contributed by atoms with van der Waals surface area (Å²) < 4.78 is 30.9. The summed E-state index contributed by atoms with van der Waals surface area (Å²) in [6.07, 6.45) is -11.0. The van der Waals surface area contributed by atoms with Crippen molar-refractivity contribution in [3.05, 3.63) is 0 Å². The molecule has 2 heterocycles. The maximum atomic E-state index is 13.7. The van der Waals surface area contributed by atoms with Gasteiger partial charge < -0.3 is 70.1 Å². The normalized spacial score (nSPS) is 36.4. The predicted octanol–water partition coefficient (Wildman–Crippen LogP) is -0.258. The highest BCUT2D eigenvalue weighted by Crippen LogP contribution is 2.40. The summed E-state index contributed by atoms with van der Waals surface area (Å²) in [7, 11) is 0. The summed E-state index contributed by atoms with van der Waals surface area (Å²) in [4.78, 5) is 61.8. The Kier molecular flexibility index (Phi) is 18.7. The van der Waals surface area contributed by atoms with Crippen molar-refractivity contribution in [2.75, 3.05) is 13.2 Å². The second-order valence-electron chi connectivity index (χ2n) is 16.2. The Balaban J connectivity index is 1.61. The van der Waals surface area contributed by atoms with Crippen molar-refractivity contribution in [3.8, 4) is 0 Å². The molecule has 19 heteroatoms. The van der Waals surface area contributed by atoms with Gasteiger partial charge in [0.1, 0.15) is 48.4 Å². The number of carbonyl (C=O) groups is 5. The Morgan fingerprint density at radius 3 is 2.16 bits per heavy atom. The van der Waals surface area contributed by atoms with Gasteiger partial charge in [-0.15, -0.1) is 0 Å².